The number of aromatic nitrogens is 1. The summed E-state index contributed by atoms with van der Waals surface area (Å²) in [7, 11) is 0. The molecule has 2 heterocycles. The van der Waals surface area contributed by atoms with Gasteiger partial charge in [-0.1, -0.05) is 23.9 Å². The molecule has 7 heteroatoms. The molecule has 110 valence electrons. The van der Waals surface area contributed by atoms with Gasteiger partial charge in [-0.2, -0.15) is 5.10 Å². The Balaban J connectivity index is 1.68. The van der Waals surface area contributed by atoms with Gasteiger partial charge in [0.1, 0.15) is 0 Å². The summed E-state index contributed by atoms with van der Waals surface area (Å²) in [6.45, 7) is 3.41. The van der Waals surface area contributed by atoms with Crippen LogP contribution in [0.15, 0.2) is 33.7 Å². The van der Waals surface area contributed by atoms with Crippen LogP contribution in [0, 0.1) is 0 Å². The van der Waals surface area contributed by atoms with Crippen molar-refractivity contribution in [3.05, 3.63) is 24.3 Å². The highest BCUT2D eigenvalue weighted by molar-refractivity contribution is 8.01. The molecule has 0 unspecified atom stereocenters. The van der Waals surface area contributed by atoms with Crippen LogP contribution in [-0.2, 0) is 4.79 Å². The fourth-order valence-electron chi connectivity index (χ4n) is 2.30. The number of carbonyl (C=O) groups excluding carboxylic acids is 1. The third-order valence-electron chi connectivity index (χ3n) is 3.15. The molecule has 3 rings (SSSR count). The minimum Gasteiger partial charge on any atom is -0.369 e. The van der Waals surface area contributed by atoms with Crippen molar-refractivity contribution in [1.29, 1.82) is 0 Å². The number of fused-ring (bicyclic) bond motifs is 1. The fourth-order valence-corrected chi connectivity index (χ4v) is 4.21. The molecule has 1 atom stereocenters. The summed E-state index contributed by atoms with van der Waals surface area (Å²) in [5.74, 6) is 0.00772. The largest absolute Gasteiger partial charge is 0.369 e. The van der Waals surface area contributed by atoms with E-state index in [1.807, 2.05) is 31.2 Å². The van der Waals surface area contributed by atoms with Gasteiger partial charge in [-0.15, -0.1) is 11.3 Å². The number of benzene rings is 1. The lowest BCUT2D eigenvalue weighted by molar-refractivity contribution is -0.148. The molecular formula is C14H15N3O2S2. The van der Waals surface area contributed by atoms with Gasteiger partial charge in [0.15, 0.2) is 10.1 Å². The molecule has 1 aromatic heterocycles. The maximum atomic E-state index is 12.2. The van der Waals surface area contributed by atoms with Crippen LogP contribution in [0.5, 0.6) is 0 Å². The molecule has 0 radical (unpaired) electrons. The molecule has 0 spiro atoms. The van der Waals surface area contributed by atoms with Crippen molar-refractivity contribution in [2.24, 2.45) is 5.10 Å². The zero-order valence-electron chi connectivity index (χ0n) is 11.7. The second kappa shape index (κ2) is 5.40. The first kappa shape index (κ1) is 14.5. The van der Waals surface area contributed by atoms with Crippen LogP contribution in [0.2, 0.25) is 0 Å². The molecule has 0 fully saturated rings. The van der Waals surface area contributed by atoms with E-state index < -0.39 is 5.72 Å². The monoisotopic (exact) mass is 321 g/mol. The first-order valence-electron chi connectivity index (χ1n) is 6.53. The molecule has 1 aliphatic rings. The van der Waals surface area contributed by atoms with Gasteiger partial charge in [0.2, 0.25) is 0 Å². The summed E-state index contributed by atoms with van der Waals surface area (Å²) >= 11 is 2.94. The minimum atomic E-state index is -1.21. The Morgan fingerprint density at radius 2 is 2.29 bits per heavy atom. The number of thioether (sulfide) groups is 1. The topological polar surface area (TPSA) is 65.8 Å². The maximum absolute atomic E-state index is 12.2. The Morgan fingerprint density at radius 1 is 1.52 bits per heavy atom. The number of amides is 1. The lowest BCUT2D eigenvalue weighted by Crippen LogP contribution is -2.44. The zero-order valence-corrected chi connectivity index (χ0v) is 13.4. The van der Waals surface area contributed by atoms with Crippen LogP contribution in [-0.4, -0.2) is 38.2 Å². The first-order valence-corrected chi connectivity index (χ1v) is 8.34. The average molecular weight is 321 g/mol. The number of thiazole rings is 1. The SMILES string of the molecule is CC1=NN(C(=O)CSc2nc3ccccc3s2)[C@@](C)(O)C1. The highest BCUT2D eigenvalue weighted by Crippen LogP contribution is 2.31. The van der Waals surface area contributed by atoms with Crippen LogP contribution in [0.25, 0.3) is 10.2 Å². The highest BCUT2D eigenvalue weighted by atomic mass is 32.2. The maximum Gasteiger partial charge on any atom is 0.255 e. The Hall–Kier alpha value is -1.44. The van der Waals surface area contributed by atoms with Gasteiger partial charge in [-0.3, -0.25) is 4.79 Å². The summed E-state index contributed by atoms with van der Waals surface area (Å²) in [6, 6.07) is 7.88. The van der Waals surface area contributed by atoms with E-state index in [4.69, 9.17) is 0 Å². The van der Waals surface area contributed by atoms with Gasteiger partial charge in [0.25, 0.3) is 5.91 Å². The molecule has 1 amide bonds. The third kappa shape index (κ3) is 2.95. The first-order chi connectivity index (χ1) is 9.95. The van der Waals surface area contributed by atoms with E-state index in [0.29, 0.717) is 6.42 Å². The second-order valence-electron chi connectivity index (χ2n) is 5.17. The Bertz CT molecular complexity index is 691. The van der Waals surface area contributed by atoms with Crippen molar-refractivity contribution in [3.63, 3.8) is 0 Å². The van der Waals surface area contributed by atoms with Gasteiger partial charge in [0, 0.05) is 12.1 Å². The second-order valence-corrected chi connectivity index (χ2v) is 7.42. The standard InChI is InChI=1S/C14H15N3O2S2/c1-9-7-14(2,19)17(16-9)12(18)8-20-13-15-10-5-3-4-6-11(10)21-13/h3-6,19H,7-8H2,1-2H3/t14-/m0/s1. The molecule has 2 aromatic rings. The molecule has 0 aliphatic carbocycles. The normalized spacial score (nSPS) is 21.9. The van der Waals surface area contributed by atoms with E-state index in [-0.39, 0.29) is 11.7 Å². The predicted octanol–water partition coefficient (Wildman–Crippen LogP) is 2.71. The zero-order chi connectivity index (χ0) is 15.0. The molecule has 5 nitrogen and oxygen atoms in total. The van der Waals surface area contributed by atoms with Crippen molar-refractivity contribution in [2.75, 3.05) is 5.75 Å². The quantitative estimate of drug-likeness (QED) is 0.883. The van der Waals surface area contributed by atoms with Crippen molar-refractivity contribution >= 4 is 44.9 Å². The molecule has 21 heavy (non-hydrogen) atoms. The number of nitrogens with zero attached hydrogens (tertiary/aromatic N) is 3. The van der Waals surface area contributed by atoms with E-state index in [1.165, 1.54) is 16.8 Å². The highest BCUT2D eigenvalue weighted by Gasteiger charge is 2.38. The van der Waals surface area contributed by atoms with E-state index >= 15 is 0 Å². The summed E-state index contributed by atoms with van der Waals surface area (Å²) in [6.07, 6.45) is 0.393. The summed E-state index contributed by atoms with van der Waals surface area (Å²) < 4.78 is 1.96. The summed E-state index contributed by atoms with van der Waals surface area (Å²) in [5.41, 5.74) is 0.493. The minimum absolute atomic E-state index is 0.207. The molecule has 1 N–H and O–H groups in total. The number of aliphatic hydroxyl groups is 1. The van der Waals surface area contributed by atoms with Crippen LogP contribution in [0.1, 0.15) is 20.3 Å². The molecule has 0 bridgehead atoms. The van der Waals surface area contributed by atoms with Crippen LogP contribution >= 0.6 is 23.1 Å². The number of hydrazone groups is 1. The average Bonchev–Trinajstić information content (AvgIpc) is 2.95. The van der Waals surface area contributed by atoms with E-state index in [1.54, 1.807) is 18.3 Å². The summed E-state index contributed by atoms with van der Waals surface area (Å²) in [4.78, 5) is 16.7. The van der Waals surface area contributed by atoms with Gasteiger partial charge >= 0.3 is 0 Å². The Labute approximate surface area is 130 Å². The van der Waals surface area contributed by atoms with Crippen LogP contribution in [0.4, 0.5) is 0 Å². The summed E-state index contributed by atoms with van der Waals surface area (Å²) in [5, 5.41) is 15.5. The molecular weight excluding hydrogens is 306 g/mol. The van der Waals surface area contributed by atoms with Gasteiger partial charge in [-0.05, 0) is 26.0 Å². The van der Waals surface area contributed by atoms with Gasteiger partial charge in [-0.25, -0.2) is 9.99 Å². The molecule has 0 saturated carbocycles. The fraction of sp³-hybridized carbons (Fsp3) is 0.357. The lowest BCUT2D eigenvalue weighted by atomic mass is 10.1. The number of carbonyl (C=O) groups is 1. The molecule has 0 saturated heterocycles. The van der Waals surface area contributed by atoms with Crippen LogP contribution in [0.3, 0.4) is 0 Å². The van der Waals surface area contributed by atoms with Gasteiger partial charge < -0.3 is 5.11 Å². The number of hydrogen-bond donors (Lipinski definition) is 1. The molecule has 1 aliphatic heterocycles. The van der Waals surface area contributed by atoms with Crippen molar-refractivity contribution in [2.45, 2.75) is 30.3 Å². The molecule has 1 aromatic carbocycles. The predicted molar refractivity (Wildman–Crippen MR) is 85.5 cm³/mol. The van der Waals surface area contributed by atoms with E-state index in [2.05, 4.69) is 10.1 Å². The Kier molecular flexibility index (Phi) is 3.73. The van der Waals surface area contributed by atoms with Gasteiger partial charge in [0.05, 0.1) is 16.0 Å². The van der Waals surface area contributed by atoms with E-state index in [0.717, 1.165) is 20.3 Å². The number of para-hydroxylation sites is 1. The third-order valence-corrected chi connectivity index (χ3v) is 5.31. The number of rotatable bonds is 3. The van der Waals surface area contributed by atoms with Crippen molar-refractivity contribution < 1.29 is 9.90 Å². The Morgan fingerprint density at radius 3 is 2.95 bits per heavy atom. The van der Waals surface area contributed by atoms with E-state index in [9.17, 15) is 9.90 Å². The van der Waals surface area contributed by atoms with Crippen molar-refractivity contribution in [3.8, 4) is 0 Å². The number of hydrogen-bond acceptors (Lipinski definition) is 6. The van der Waals surface area contributed by atoms with Crippen molar-refractivity contribution in [1.82, 2.24) is 9.99 Å². The smallest absolute Gasteiger partial charge is 0.255 e. The van der Waals surface area contributed by atoms with Crippen LogP contribution < -0.4 is 0 Å². The lowest BCUT2D eigenvalue weighted by Gasteiger charge is -2.26.